The smallest absolute Gasteiger partial charge is 0.255 e. The maximum absolute atomic E-state index is 12.7. The van der Waals surface area contributed by atoms with Crippen molar-refractivity contribution in [2.75, 3.05) is 6.54 Å². The Morgan fingerprint density at radius 2 is 1.81 bits per heavy atom. The van der Waals surface area contributed by atoms with Gasteiger partial charge in [0.05, 0.1) is 5.69 Å². The lowest BCUT2D eigenvalue weighted by atomic mass is 10.1. The molecule has 0 amide bonds. The highest BCUT2D eigenvalue weighted by Gasteiger charge is 2.11. The molecule has 0 saturated heterocycles. The molecule has 2 aromatic rings. The van der Waals surface area contributed by atoms with Gasteiger partial charge in [0.15, 0.2) is 0 Å². The predicted molar refractivity (Wildman–Crippen MR) is 88.4 cm³/mol. The van der Waals surface area contributed by atoms with Crippen LogP contribution in [0.3, 0.4) is 0 Å². The lowest BCUT2D eigenvalue weighted by Crippen LogP contribution is -2.29. The average molecular weight is 284 g/mol. The van der Waals surface area contributed by atoms with Gasteiger partial charge in [-0.2, -0.15) is 0 Å². The first kappa shape index (κ1) is 15.5. The van der Waals surface area contributed by atoms with E-state index >= 15 is 0 Å². The van der Waals surface area contributed by atoms with Crippen LogP contribution in [0.15, 0.2) is 47.3 Å². The standard InChI is InChI=1S/C18H24N2O/c1-4-19-12-16-10-11-17(15-8-6-5-7-9-15)20(18(16)21)13-14(2)3/h5-11,14,19H,4,12-13H2,1-3H3. The van der Waals surface area contributed by atoms with E-state index < -0.39 is 0 Å². The molecule has 0 aliphatic heterocycles. The fourth-order valence-electron chi connectivity index (χ4n) is 2.43. The molecule has 0 unspecified atom stereocenters. The minimum atomic E-state index is 0.117. The molecule has 1 aromatic carbocycles. The zero-order valence-electron chi connectivity index (χ0n) is 13.1. The Morgan fingerprint density at radius 1 is 1.10 bits per heavy atom. The number of aromatic nitrogens is 1. The van der Waals surface area contributed by atoms with Crippen LogP contribution in [0.2, 0.25) is 0 Å². The summed E-state index contributed by atoms with van der Waals surface area (Å²) in [5.41, 5.74) is 3.03. The number of pyridine rings is 1. The minimum Gasteiger partial charge on any atom is -0.313 e. The second kappa shape index (κ2) is 7.23. The zero-order valence-corrected chi connectivity index (χ0v) is 13.1. The van der Waals surface area contributed by atoms with Crippen molar-refractivity contribution in [3.8, 4) is 11.3 Å². The number of benzene rings is 1. The van der Waals surface area contributed by atoms with Gasteiger partial charge >= 0.3 is 0 Å². The molecule has 1 aromatic heterocycles. The summed E-state index contributed by atoms with van der Waals surface area (Å²) in [4.78, 5) is 12.7. The second-order valence-electron chi connectivity index (χ2n) is 5.70. The molecule has 0 aliphatic rings. The molecule has 0 radical (unpaired) electrons. The van der Waals surface area contributed by atoms with Crippen molar-refractivity contribution < 1.29 is 0 Å². The van der Waals surface area contributed by atoms with Crippen molar-refractivity contribution >= 4 is 0 Å². The van der Waals surface area contributed by atoms with Crippen LogP contribution in [0.1, 0.15) is 26.3 Å². The summed E-state index contributed by atoms with van der Waals surface area (Å²) in [5, 5.41) is 3.23. The van der Waals surface area contributed by atoms with Crippen molar-refractivity contribution in [2.45, 2.75) is 33.9 Å². The van der Waals surface area contributed by atoms with E-state index in [2.05, 4.69) is 37.4 Å². The molecular weight excluding hydrogens is 260 g/mol. The minimum absolute atomic E-state index is 0.117. The first-order chi connectivity index (χ1) is 10.1. The van der Waals surface area contributed by atoms with Crippen LogP contribution < -0.4 is 10.9 Å². The average Bonchev–Trinajstić information content (AvgIpc) is 2.48. The highest BCUT2D eigenvalue weighted by atomic mass is 16.1. The molecule has 0 aliphatic carbocycles. The number of hydrogen-bond acceptors (Lipinski definition) is 2. The van der Waals surface area contributed by atoms with Crippen molar-refractivity contribution in [1.82, 2.24) is 9.88 Å². The van der Waals surface area contributed by atoms with Crippen LogP contribution in [-0.2, 0) is 13.1 Å². The first-order valence-electron chi connectivity index (χ1n) is 7.62. The predicted octanol–water partition coefficient (Wildman–Crippen LogP) is 3.28. The van der Waals surface area contributed by atoms with Gasteiger partial charge in [-0.3, -0.25) is 4.79 Å². The Hall–Kier alpha value is -1.87. The van der Waals surface area contributed by atoms with Gasteiger partial charge in [0.25, 0.3) is 5.56 Å². The van der Waals surface area contributed by atoms with Gasteiger partial charge in [-0.05, 0) is 24.1 Å². The number of nitrogens with one attached hydrogen (secondary N) is 1. The third-order valence-corrected chi connectivity index (χ3v) is 3.44. The Bertz CT molecular complexity index is 629. The number of hydrogen-bond donors (Lipinski definition) is 1. The second-order valence-corrected chi connectivity index (χ2v) is 5.70. The number of rotatable bonds is 6. The summed E-state index contributed by atoms with van der Waals surface area (Å²) in [6, 6.07) is 14.1. The lowest BCUT2D eigenvalue weighted by Gasteiger charge is -2.17. The molecule has 0 spiro atoms. The third kappa shape index (κ3) is 3.82. The van der Waals surface area contributed by atoms with Crippen molar-refractivity contribution in [1.29, 1.82) is 0 Å². The fourth-order valence-corrected chi connectivity index (χ4v) is 2.43. The van der Waals surface area contributed by atoms with E-state index in [4.69, 9.17) is 0 Å². The molecule has 3 heteroatoms. The summed E-state index contributed by atoms with van der Waals surface area (Å²) in [6.07, 6.45) is 0. The molecule has 112 valence electrons. The van der Waals surface area contributed by atoms with E-state index in [0.29, 0.717) is 12.5 Å². The zero-order chi connectivity index (χ0) is 15.2. The van der Waals surface area contributed by atoms with Crippen LogP contribution in [-0.4, -0.2) is 11.1 Å². The Labute approximate surface area is 126 Å². The largest absolute Gasteiger partial charge is 0.313 e. The van der Waals surface area contributed by atoms with E-state index in [1.165, 1.54) is 0 Å². The fraction of sp³-hybridized carbons (Fsp3) is 0.389. The van der Waals surface area contributed by atoms with Gasteiger partial charge < -0.3 is 9.88 Å². The van der Waals surface area contributed by atoms with E-state index in [1.807, 2.05) is 35.8 Å². The third-order valence-electron chi connectivity index (χ3n) is 3.44. The molecule has 1 N–H and O–H groups in total. The summed E-state index contributed by atoms with van der Waals surface area (Å²) in [7, 11) is 0. The molecular formula is C18H24N2O. The van der Waals surface area contributed by atoms with Crippen molar-refractivity contribution in [2.24, 2.45) is 5.92 Å². The quantitative estimate of drug-likeness (QED) is 0.883. The van der Waals surface area contributed by atoms with Gasteiger partial charge in [0.2, 0.25) is 0 Å². The Balaban J connectivity index is 2.50. The molecule has 1 heterocycles. The molecule has 3 nitrogen and oxygen atoms in total. The maximum Gasteiger partial charge on any atom is 0.255 e. The molecule has 21 heavy (non-hydrogen) atoms. The molecule has 0 bridgehead atoms. The molecule has 0 fully saturated rings. The van der Waals surface area contributed by atoms with Crippen LogP contribution in [0, 0.1) is 5.92 Å². The van der Waals surface area contributed by atoms with Crippen LogP contribution in [0.5, 0.6) is 0 Å². The Morgan fingerprint density at radius 3 is 2.43 bits per heavy atom. The monoisotopic (exact) mass is 284 g/mol. The molecule has 0 atom stereocenters. The molecule has 0 saturated carbocycles. The summed E-state index contributed by atoms with van der Waals surface area (Å²) >= 11 is 0. The van der Waals surface area contributed by atoms with Gasteiger partial charge in [-0.1, -0.05) is 57.2 Å². The van der Waals surface area contributed by atoms with E-state index in [0.717, 1.165) is 29.9 Å². The highest BCUT2D eigenvalue weighted by molar-refractivity contribution is 5.59. The SMILES string of the molecule is CCNCc1ccc(-c2ccccc2)n(CC(C)C)c1=O. The van der Waals surface area contributed by atoms with Crippen LogP contribution in [0.4, 0.5) is 0 Å². The van der Waals surface area contributed by atoms with Gasteiger partial charge in [0.1, 0.15) is 0 Å². The Kier molecular flexibility index (Phi) is 5.34. The van der Waals surface area contributed by atoms with Gasteiger partial charge in [0, 0.05) is 18.7 Å². The normalized spacial score (nSPS) is 11.0. The van der Waals surface area contributed by atoms with Gasteiger partial charge in [-0.25, -0.2) is 0 Å². The first-order valence-corrected chi connectivity index (χ1v) is 7.62. The highest BCUT2D eigenvalue weighted by Crippen LogP contribution is 2.19. The van der Waals surface area contributed by atoms with Crippen LogP contribution >= 0.6 is 0 Å². The van der Waals surface area contributed by atoms with E-state index in [9.17, 15) is 4.79 Å². The maximum atomic E-state index is 12.7. The van der Waals surface area contributed by atoms with Gasteiger partial charge in [-0.15, -0.1) is 0 Å². The lowest BCUT2D eigenvalue weighted by molar-refractivity contribution is 0.511. The van der Waals surface area contributed by atoms with E-state index in [1.54, 1.807) is 0 Å². The topological polar surface area (TPSA) is 34.0 Å². The molecule has 2 rings (SSSR count). The van der Waals surface area contributed by atoms with E-state index in [-0.39, 0.29) is 5.56 Å². The number of nitrogens with zero attached hydrogens (tertiary/aromatic N) is 1. The summed E-state index contributed by atoms with van der Waals surface area (Å²) < 4.78 is 1.91. The summed E-state index contributed by atoms with van der Waals surface area (Å²) in [6.45, 7) is 8.55. The summed E-state index contributed by atoms with van der Waals surface area (Å²) in [5.74, 6) is 0.430. The van der Waals surface area contributed by atoms with Crippen LogP contribution in [0.25, 0.3) is 11.3 Å². The van der Waals surface area contributed by atoms with Crippen molar-refractivity contribution in [3.05, 3.63) is 58.4 Å². The van der Waals surface area contributed by atoms with Crippen molar-refractivity contribution in [3.63, 3.8) is 0 Å².